The molecular weight excluding hydrogens is 126 g/mol. The maximum atomic E-state index is 3.75. The maximum absolute atomic E-state index is 3.75. The van der Waals surface area contributed by atoms with Gasteiger partial charge in [-0.05, 0) is 13.8 Å². The minimum Gasteiger partial charge on any atom is -0.369 e. The van der Waals surface area contributed by atoms with Crippen molar-refractivity contribution in [2.75, 3.05) is 18.0 Å². The van der Waals surface area contributed by atoms with Gasteiger partial charge < -0.3 is 4.90 Å². The molecule has 0 amide bonds. The zero-order valence-corrected chi connectivity index (χ0v) is 6.39. The quantitative estimate of drug-likeness (QED) is 0.677. The number of nitrogens with one attached hydrogen (secondary N) is 1. The summed E-state index contributed by atoms with van der Waals surface area (Å²) in [4.78, 5) is 2.18. The van der Waals surface area contributed by atoms with E-state index >= 15 is 0 Å². The Labute approximate surface area is 61.0 Å². The fourth-order valence-electron chi connectivity index (χ4n) is 0.942. The van der Waals surface area contributed by atoms with Crippen LogP contribution in [-0.2, 0) is 0 Å². The Morgan fingerprint density at radius 2 is 2.30 bits per heavy atom. The highest BCUT2D eigenvalue weighted by atomic mass is 15.2. The molecule has 0 saturated heterocycles. The highest BCUT2D eigenvalue weighted by Gasteiger charge is 2.00. The van der Waals surface area contributed by atoms with E-state index < -0.39 is 0 Å². The Bertz CT molecular complexity index is 165. The minimum atomic E-state index is 1.01. The summed E-state index contributed by atoms with van der Waals surface area (Å²) in [5.74, 6) is 0. The standard InChI is InChI=1S/C7H12N3/c1-3-10(4-2)7-5-8-9-6-7/h5H,3-4H2,1-2H3,(H,8,9). The van der Waals surface area contributed by atoms with Gasteiger partial charge in [-0.2, -0.15) is 5.10 Å². The zero-order chi connectivity index (χ0) is 7.40. The van der Waals surface area contributed by atoms with Crippen molar-refractivity contribution in [3.8, 4) is 0 Å². The Balaban J connectivity index is 2.64. The van der Waals surface area contributed by atoms with Crippen molar-refractivity contribution in [2.45, 2.75) is 13.8 Å². The van der Waals surface area contributed by atoms with E-state index in [1.807, 2.05) is 6.20 Å². The third-order valence-corrected chi connectivity index (χ3v) is 1.54. The molecule has 1 aromatic rings. The molecule has 0 aliphatic heterocycles. The van der Waals surface area contributed by atoms with Crippen LogP contribution in [0.2, 0.25) is 0 Å². The first-order valence-electron chi connectivity index (χ1n) is 3.54. The number of aromatic amines is 1. The van der Waals surface area contributed by atoms with E-state index in [9.17, 15) is 0 Å². The van der Waals surface area contributed by atoms with Crippen molar-refractivity contribution in [3.63, 3.8) is 0 Å². The molecule has 55 valence electrons. The van der Waals surface area contributed by atoms with Crippen LogP contribution >= 0.6 is 0 Å². The van der Waals surface area contributed by atoms with Gasteiger partial charge in [0.15, 0.2) is 0 Å². The monoisotopic (exact) mass is 138 g/mol. The molecule has 3 heteroatoms. The molecule has 0 saturated carbocycles. The molecule has 0 aliphatic rings. The normalized spacial score (nSPS) is 9.80. The van der Waals surface area contributed by atoms with Crippen LogP contribution in [0.1, 0.15) is 13.8 Å². The number of hydrogen-bond donors (Lipinski definition) is 1. The second-order valence-electron chi connectivity index (χ2n) is 2.05. The van der Waals surface area contributed by atoms with E-state index in [-0.39, 0.29) is 0 Å². The van der Waals surface area contributed by atoms with Crippen molar-refractivity contribution in [1.29, 1.82) is 0 Å². The van der Waals surface area contributed by atoms with Crippen LogP contribution in [0, 0.1) is 6.20 Å². The van der Waals surface area contributed by atoms with E-state index in [0.717, 1.165) is 18.8 Å². The van der Waals surface area contributed by atoms with Gasteiger partial charge in [0, 0.05) is 19.3 Å². The molecule has 1 N–H and O–H groups in total. The maximum Gasteiger partial charge on any atom is 0.138 e. The Kier molecular flexibility index (Phi) is 2.31. The van der Waals surface area contributed by atoms with E-state index in [0.29, 0.717) is 0 Å². The largest absolute Gasteiger partial charge is 0.369 e. The number of anilines is 1. The van der Waals surface area contributed by atoms with Gasteiger partial charge in [0.2, 0.25) is 0 Å². The average Bonchev–Trinajstić information content (AvgIpc) is 2.43. The first-order chi connectivity index (χ1) is 4.88. The van der Waals surface area contributed by atoms with Gasteiger partial charge in [-0.1, -0.05) is 0 Å². The number of H-pyrrole nitrogens is 1. The molecule has 0 bridgehead atoms. The van der Waals surface area contributed by atoms with Crippen molar-refractivity contribution in [2.24, 2.45) is 0 Å². The lowest BCUT2D eigenvalue weighted by Crippen LogP contribution is -2.21. The molecule has 1 heterocycles. The molecule has 0 spiro atoms. The van der Waals surface area contributed by atoms with Crippen LogP contribution in [0.3, 0.4) is 0 Å². The van der Waals surface area contributed by atoms with Gasteiger partial charge in [0.1, 0.15) is 6.20 Å². The summed E-state index contributed by atoms with van der Waals surface area (Å²) in [6.07, 6.45) is 4.71. The van der Waals surface area contributed by atoms with Crippen LogP contribution in [0.5, 0.6) is 0 Å². The first kappa shape index (κ1) is 7.12. The van der Waals surface area contributed by atoms with Gasteiger partial charge in [-0.25, -0.2) is 0 Å². The Morgan fingerprint density at radius 3 is 2.70 bits per heavy atom. The fourth-order valence-corrected chi connectivity index (χ4v) is 0.942. The number of rotatable bonds is 3. The van der Waals surface area contributed by atoms with Crippen molar-refractivity contribution in [3.05, 3.63) is 12.4 Å². The van der Waals surface area contributed by atoms with Gasteiger partial charge in [0.25, 0.3) is 0 Å². The van der Waals surface area contributed by atoms with E-state index in [4.69, 9.17) is 0 Å². The highest BCUT2D eigenvalue weighted by molar-refractivity contribution is 5.39. The summed E-state index contributed by atoms with van der Waals surface area (Å²) in [5.41, 5.74) is 1.05. The van der Waals surface area contributed by atoms with Gasteiger partial charge >= 0.3 is 0 Å². The molecular formula is C7H12N3. The summed E-state index contributed by atoms with van der Waals surface area (Å²) in [7, 11) is 0. The molecule has 1 aromatic heterocycles. The van der Waals surface area contributed by atoms with Crippen molar-refractivity contribution in [1.82, 2.24) is 10.2 Å². The van der Waals surface area contributed by atoms with Crippen LogP contribution in [0.15, 0.2) is 6.20 Å². The second-order valence-corrected chi connectivity index (χ2v) is 2.05. The predicted molar refractivity (Wildman–Crippen MR) is 41.0 cm³/mol. The van der Waals surface area contributed by atoms with E-state index in [1.165, 1.54) is 0 Å². The smallest absolute Gasteiger partial charge is 0.138 e. The molecule has 1 rings (SSSR count). The first-order valence-corrected chi connectivity index (χ1v) is 3.54. The summed E-state index contributed by atoms with van der Waals surface area (Å²) in [6, 6.07) is 0. The minimum absolute atomic E-state index is 1.01. The topological polar surface area (TPSA) is 31.9 Å². The van der Waals surface area contributed by atoms with Crippen LogP contribution in [0.4, 0.5) is 5.69 Å². The molecule has 10 heavy (non-hydrogen) atoms. The van der Waals surface area contributed by atoms with Crippen LogP contribution < -0.4 is 4.90 Å². The number of hydrogen-bond acceptors (Lipinski definition) is 2. The number of aromatic nitrogens is 2. The molecule has 0 aliphatic carbocycles. The number of nitrogens with zero attached hydrogens (tertiary/aromatic N) is 2. The highest BCUT2D eigenvalue weighted by Crippen LogP contribution is 2.07. The third-order valence-electron chi connectivity index (χ3n) is 1.54. The molecule has 0 unspecified atom stereocenters. The lowest BCUT2D eigenvalue weighted by molar-refractivity contribution is 0.866. The summed E-state index contributed by atoms with van der Waals surface area (Å²) in [5, 5.41) is 6.48. The van der Waals surface area contributed by atoms with Crippen molar-refractivity contribution >= 4 is 5.69 Å². The average molecular weight is 138 g/mol. The Hall–Kier alpha value is -0.990. The summed E-state index contributed by atoms with van der Waals surface area (Å²) >= 11 is 0. The SMILES string of the molecule is CCN(CC)c1[c]n[nH]c1. The molecule has 3 nitrogen and oxygen atoms in total. The predicted octanol–water partition coefficient (Wildman–Crippen LogP) is 1.06. The lowest BCUT2D eigenvalue weighted by atomic mass is 10.4. The molecule has 0 atom stereocenters. The Morgan fingerprint density at radius 1 is 1.60 bits per heavy atom. The zero-order valence-electron chi connectivity index (χ0n) is 6.39. The molecule has 1 radical (unpaired) electrons. The summed E-state index contributed by atoms with van der Waals surface area (Å²) in [6.45, 7) is 6.24. The lowest BCUT2D eigenvalue weighted by Gasteiger charge is -2.17. The van der Waals surface area contributed by atoms with E-state index in [1.54, 1.807) is 0 Å². The second kappa shape index (κ2) is 3.25. The van der Waals surface area contributed by atoms with Gasteiger partial charge in [-0.15, -0.1) is 0 Å². The summed E-state index contributed by atoms with van der Waals surface area (Å²) < 4.78 is 0. The van der Waals surface area contributed by atoms with Crippen LogP contribution in [-0.4, -0.2) is 23.3 Å². The van der Waals surface area contributed by atoms with Gasteiger partial charge in [0.05, 0.1) is 5.69 Å². The van der Waals surface area contributed by atoms with Crippen LogP contribution in [0.25, 0.3) is 0 Å². The fraction of sp³-hybridized carbons (Fsp3) is 0.571. The molecule has 0 fully saturated rings. The van der Waals surface area contributed by atoms with E-state index in [2.05, 4.69) is 35.1 Å². The van der Waals surface area contributed by atoms with Gasteiger partial charge in [-0.3, -0.25) is 5.10 Å². The molecule has 0 aromatic carbocycles. The third kappa shape index (κ3) is 1.29. The van der Waals surface area contributed by atoms with Crippen molar-refractivity contribution < 1.29 is 0 Å².